The van der Waals surface area contributed by atoms with Crippen molar-refractivity contribution in [3.8, 4) is 0 Å². The number of carbonyl (C=O) groups is 3. The Kier molecular flexibility index (Phi) is 54.8. The van der Waals surface area contributed by atoms with Gasteiger partial charge < -0.3 is 14.2 Å². The molecule has 0 aromatic heterocycles. The molecule has 0 N–H and O–H groups in total. The number of hydrogen-bond acceptors (Lipinski definition) is 6. The Hall–Kier alpha value is -3.15. The first-order valence-electron chi connectivity index (χ1n) is 29.4. The van der Waals surface area contributed by atoms with Gasteiger partial charge >= 0.3 is 17.9 Å². The third-order valence-corrected chi connectivity index (χ3v) is 12.7. The van der Waals surface area contributed by atoms with Crippen LogP contribution in [0.3, 0.4) is 0 Å². The van der Waals surface area contributed by atoms with Gasteiger partial charge in [-0.25, -0.2) is 0 Å². The van der Waals surface area contributed by atoms with E-state index in [1.807, 2.05) is 0 Å². The molecule has 0 amide bonds. The number of allylic oxidation sites excluding steroid dienone is 12. The zero-order valence-electron chi connectivity index (χ0n) is 45.6. The number of unbranched alkanes of at least 4 members (excludes halogenated alkanes) is 30. The molecule has 0 heterocycles. The van der Waals surface area contributed by atoms with Crippen LogP contribution in [0.15, 0.2) is 72.9 Å². The summed E-state index contributed by atoms with van der Waals surface area (Å²) in [6.45, 7) is 6.43. The summed E-state index contributed by atoms with van der Waals surface area (Å²) in [6, 6.07) is 0. The molecule has 0 rings (SSSR count). The molecule has 0 fully saturated rings. The highest BCUT2D eigenvalue weighted by molar-refractivity contribution is 5.71. The van der Waals surface area contributed by atoms with Gasteiger partial charge in [0, 0.05) is 19.3 Å². The lowest BCUT2D eigenvalue weighted by Crippen LogP contribution is -2.30. The maximum absolute atomic E-state index is 12.9. The highest BCUT2D eigenvalue weighted by atomic mass is 16.6. The van der Waals surface area contributed by atoms with Gasteiger partial charge in [-0.2, -0.15) is 0 Å². The number of ether oxygens (including phenoxy) is 3. The summed E-state index contributed by atoms with van der Waals surface area (Å²) >= 11 is 0. The Labute approximate surface area is 427 Å². The van der Waals surface area contributed by atoms with E-state index in [1.165, 1.54) is 135 Å². The van der Waals surface area contributed by atoms with Crippen molar-refractivity contribution in [1.82, 2.24) is 0 Å². The fourth-order valence-electron chi connectivity index (χ4n) is 8.36. The molecule has 0 aromatic rings. The fraction of sp³-hybridized carbons (Fsp3) is 0.762. The van der Waals surface area contributed by atoms with Crippen LogP contribution in [-0.2, 0) is 28.6 Å². The van der Waals surface area contributed by atoms with Crippen LogP contribution in [0.5, 0.6) is 0 Å². The Balaban J connectivity index is 4.38. The molecule has 0 aliphatic rings. The molecular formula is C63H110O6. The second-order valence-corrected chi connectivity index (χ2v) is 19.5. The third-order valence-electron chi connectivity index (χ3n) is 12.7. The normalized spacial score (nSPS) is 12.6. The van der Waals surface area contributed by atoms with Gasteiger partial charge in [0.25, 0.3) is 0 Å². The van der Waals surface area contributed by atoms with Gasteiger partial charge in [0.2, 0.25) is 0 Å². The molecule has 69 heavy (non-hydrogen) atoms. The molecule has 0 aliphatic carbocycles. The molecule has 0 aliphatic heterocycles. The summed E-state index contributed by atoms with van der Waals surface area (Å²) in [7, 11) is 0. The lowest BCUT2D eigenvalue weighted by atomic mass is 10.0. The van der Waals surface area contributed by atoms with Crippen molar-refractivity contribution in [1.29, 1.82) is 0 Å². The van der Waals surface area contributed by atoms with Crippen LogP contribution in [0.1, 0.15) is 290 Å². The van der Waals surface area contributed by atoms with Gasteiger partial charge in [-0.1, -0.05) is 261 Å². The summed E-state index contributed by atoms with van der Waals surface area (Å²) in [5, 5.41) is 0. The van der Waals surface area contributed by atoms with Crippen LogP contribution < -0.4 is 0 Å². The first kappa shape index (κ1) is 65.8. The van der Waals surface area contributed by atoms with Crippen LogP contribution in [0.25, 0.3) is 0 Å². The smallest absolute Gasteiger partial charge is 0.306 e. The van der Waals surface area contributed by atoms with Gasteiger partial charge in [-0.05, 0) is 83.5 Å². The summed E-state index contributed by atoms with van der Waals surface area (Å²) < 4.78 is 16.9. The fourth-order valence-corrected chi connectivity index (χ4v) is 8.36. The lowest BCUT2D eigenvalue weighted by Gasteiger charge is -2.18. The predicted octanol–water partition coefficient (Wildman–Crippen LogP) is 19.8. The Morgan fingerprint density at radius 2 is 0.565 bits per heavy atom. The molecule has 1 atom stereocenters. The van der Waals surface area contributed by atoms with E-state index in [4.69, 9.17) is 14.2 Å². The molecule has 0 bridgehead atoms. The van der Waals surface area contributed by atoms with E-state index in [0.29, 0.717) is 19.3 Å². The largest absolute Gasteiger partial charge is 0.462 e. The predicted molar refractivity (Wildman–Crippen MR) is 298 cm³/mol. The van der Waals surface area contributed by atoms with Crippen molar-refractivity contribution in [3.05, 3.63) is 72.9 Å². The molecule has 6 nitrogen and oxygen atoms in total. The van der Waals surface area contributed by atoms with Gasteiger partial charge in [-0.15, -0.1) is 0 Å². The topological polar surface area (TPSA) is 78.9 Å². The zero-order valence-corrected chi connectivity index (χ0v) is 45.6. The first-order valence-corrected chi connectivity index (χ1v) is 29.4. The second kappa shape index (κ2) is 57.4. The average molecular weight is 964 g/mol. The van der Waals surface area contributed by atoms with E-state index >= 15 is 0 Å². The number of rotatable bonds is 53. The zero-order chi connectivity index (χ0) is 50.0. The van der Waals surface area contributed by atoms with Gasteiger partial charge in [0.1, 0.15) is 13.2 Å². The summed E-state index contributed by atoms with van der Waals surface area (Å²) in [5.74, 6) is -0.898. The minimum Gasteiger partial charge on any atom is -0.462 e. The van der Waals surface area contributed by atoms with Crippen molar-refractivity contribution < 1.29 is 28.6 Å². The number of carbonyl (C=O) groups excluding carboxylic acids is 3. The van der Waals surface area contributed by atoms with E-state index in [9.17, 15) is 14.4 Å². The lowest BCUT2D eigenvalue weighted by molar-refractivity contribution is -0.167. The van der Waals surface area contributed by atoms with E-state index in [-0.39, 0.29) is 31.1 Å². The molecule has 0 saturated carbocycles. The van der Waals surface area contributed by atoms with Crippen LogP contribution in [0.2, 0.25) is 0 Å². The number of hydrogen-bond donors (Lipinski definition) is 0. The van der Waals surface area contributed by atoms with Gasteiger partial charge in [0.05, 0.1) is 0 Å². The highest BCUT2D eigenvalue weighted by Gasteiger charge is 2.19. The molecule has 0 saturated heterocycles. The Morgan fingerprint density at radius 1 is 0.304 bits per heavy atom. The van der Waals surface area contributed by atoms with Crippen LogP contribution in [-0.4, -0.2) is 37.2 Å². The van der Waals surface area contributed by atoms with E-state index in [0.717, 1.165) is 116 Å². The summed E-state index contributed by atoms with van der Waals surface area (Å²) in [6.07, 6.45) is 73.2. The quantitative estimate of drug-likeness (QED) is 0.0262. The number of esters is 3. The highest BCUT2D eigenvalue weighted by Crippen LogP contribution is 2.16. The molecule has 0 spiro atoms. The van der Waals surface area contributed by atoms with Gasteiger partial charge in [0.15, 0.2) is 6.10 Å². The SMILES string of the molecule is CC/C=C\C/C=C\C/C=C\CCCCCCCCC(=O)OCC(COC(=O)CCCCCCCCCCCCCCCCCCCCC)OC(=O)CCCCCCCC/C=C\C/C=C\C/C=C\CC. The van der Waals surface area contributed by atoms with Crippen LogP contribution >= 0.6 is 0 Å². The Morgan fingerprint density at radius 3 is 0.884 bits per heavy atom. The minimum atomic E-state index is -0.787. The van der Waals surface area contributed by atoms with E-state index in [2.05, 4.69) is 93.7 Å². The van der Waals surface area contributed by atoms with Crippen LogP contribution in [0, 0.1) is 0 Å². The van der Waals surface area contributed by atoms with E-state index < -0.39 is 6.10 Å². The van der Waals surface area contributed by atoms with Crippen molar-refractivity contribution in [2.45, 2.75) is 297 Å². The standard InChI is InChI=1S/C63H110O6/c1-4-7-10-13-16-19-22-25-28-31-32-33-36-38-41-44-47-50-53-56-62(65)68-59-60(69-63(66)57-54-51-48-45-42-39-35-30-27-24-21-18-15-12-9-6-3)58-67-61(64)55-52-49-46-43-40-37-34-29-26-23-20-17-14-11-8-5-2/h8-9,11-12,17-18,20-21,26-27,29-30,60H,4-7,10,13-16,19,22-25,28,31-59H2,1-3H3/b11-8-,12-9-,20-17-,21-18-,29-26-,30-27-. The summed E-state index contributed by atoms with van der Waals surface area (Å²) in [4.78, 5) is 38.2. The Bertz CT molecular complexity index is 1290. The van der Waals surface area contributed by atoms with Crippen molar-refractivity contribution in [3.63, 3.8) is 0 Å². The van der Waals surface area contributed by atoms with Gasteiger partial charge in [-0.3, -0.25) is 14.4 Å². The van der Waals surface area contributed by atoms with Crippen molar-refractivity contribution in [2.24, 2.45) is 0 Å². The second-order valence-electron chi connectivity index (χ2n) is 19.5. The molecule has 0 aromatic carbocycles. The molecular weight excluding hydrogens is 853 g/mol. The monoisotopic (exact) mass is 963 g/mol. The first-order chi connectivity index (χ1) is 34.0. The molecule has 1 unspecified atom stereocenters. The van der Waals surface area contributed by atoms with Crippen molar-refractivity contribution >= 4 is 17.9 Å². The van der Waals surface area contributed by atoms with E-state index in [1.54, 1.807) is 0 Å². The molecule has 0 radical (unpaired) electrons. The average Bonchev–Trinajstić information content (AvgIpc) is 3.35. The minimum absolute atomic E-state index is 0.0828. The molecule has 398 valence electrons. The maximum atomic E-state index is 12.9. The van der Waals surface area contributed by atoms with Crippen LogP contribution in [0.4, 0.5) is 0 Å². The molecule has 6 heteroatoms. The maximum Gasteiger partial charge on any atom is 0.306 e. The van der Waals surface area contributed by atoms with Crippen molar-refractivity contribution in [2.75, 3.05) is 13.2 Å². The third kappa shape index (κ3) is 55.6. The summed E-state index contributed by atoms with van der Waals surface area (Å²) in [5.41, 5.74) is 0.